The summed E-state index contributed by atoms with van der Waals surface area (Å²) in [6, 6.07) is 11.8. The SMILES string of the molecule is CCCCCN1CCC(c2ccc(C(=O)O)cc2)C(COc2ccc(C(F)(F)F)cc2)C1. The Kier molecular flexibility index (Phi) is 8.18. The number of piperidine rings is 1. The van der Waals surface area contributed by atoms with Crippen LogP contribution in [0.3, 0.4) is 0 Å². The number of carboxylic acids is 1. The van der Waals surface area contributed by atoms with Gasteiger partial charge in [-0.2, -0.15) is 13.2 Å². The van der Waals surface area contributed by atoms with Crippen molar-refractivity contribution in [3.8, 4) is 5.75 Å². The molecule has 2 unspecified atom stereocenters. The Labute approximate surface area is 187 Å². The maximum absolute atomic E-state index is 12.8. The molecule has 7 heteroatoms. The first kappa shape index (κ1) is 24.1. The molecule has 1 aliphatic heterocycles. The van der Waals surface area contributed by atoms with Crippen LogP contribution in [0.4, 0.5) is 13.2 Å². The Morgan fingerprint density at radius 2 is 1.78 bits per heavy atom. The quantitative estimate of drug-likeness (QED) is 0.472. The fraction of sp³-hybridized carbons (Fsp3) is 0.480. The number of rotatable bonds is 9. The number of hydrogen-bond acceptors (Lipinski definition) is 3. The fourth-order valence-corrected chi connectivity index (χ4v) is 4.32. The van der Waals surface area contributed by atoms with Crippen molar-refractivity contribution in [2.45, 2.75) is 44.7 Å². The van der Waals surface area contributed by atoms with E-state index < -0.39 is 17.7 Å². The van der Waals surface area contributed by atoms with Crippen molar-refractivity contribution < 1.29 is 27.8 Å². The van der Waals surface area contributed by atoms with E-state index in [1.807, 2.05) is 12.1 Å². The molecule has 0 saturated carbocycles. The summed E-state index contributed by atoms with van der Waals surface area (Å²) < 4.78 is 44.3. The van der Waals surface area contributed by atoms with Crippen molar-refractivity contribution in [2.75, 3.05) is 26.2 Å². The van der Waals surface area contributed by atoms with E-state index in [1.54, 1.807) is 12.1 Å². The second-order valence-corrected chi connectivity index (χ2v) is 8.42. The number of likely N-dealkylation sites (tertiary alicyclic amines) is 1. The van der Waals surface area contributed by atoms with Gasteiger partial charge in [0, 0.05) is 12.5 Å². The average molecular weight is 450 g/mol. The lowest BCUT2D eigenvalue weighted by atomic mass is 9.80. The van der Waals surface area contributed by atoms with Crippen molar-refractivity contribution in [2.24, 2.45) is 5.92 Å². The first-order valence-corrected chi connectivity index (χ1v) is 11.1. The van der Waals surface area contributed by atoms with Gasteiger partial charge in [0.1, 0.15) is 5.75 Å². The maximum Gasteiger partial charge on any atom is 0.416 e. The number of halogens is 3. The highest BCUT2D eigenvalue weighted by atomic mass is 19.4. The van der Waals surface area contributed by atoms with E-state index in [-0.39, 0.29) is 17.4 Å². The molecule has 1 heterocycles. The van der Waals surface area contributed by atoms with E-state index >= 15 is 0 Å². The van der Waals surface area contributed by atoms with E-state index in [4.69, 9.17) is 9.84 Å². The minimum Gasteiger partial charge on any atom is -0.493 e. The second kappa shape index (κ2) is 10.9. The summed E-state index contributed by atoms with van der Waals surface area (Å²) in [6.45, 7) is 5.39. The monoisotopic (exact) mass is 449 g/mol. The molecule has 174 valence electrons. The average Bonchev–Trinajstić information content (AvgIpc) is 2.78. The molecule has 32 heavy (non-hydrogen) atoms. The van der Waals surface area contributed by atoms with Crippen LogP contribution in [-0.2, 0) is 6.18 Å². The third-order valence-electron chi connectivity index (χ3n) is 6.13. The lowest BCUT2D eigenvalue weighted by Crippen LogP contribution is -2.42. The Morgan fingerprint density at radius 3 is 2.38 bits per heavy atom. The minimum absolute atomic E-state index is 0.156. The summed E-state index contributed by atoms with van der Waals surface area (Å²) in [5.74, 6) is -0.177. The summed E-state index contributed by atoms with van der Waals surface area (Å²) in [5.41, 5.74) is 0.633. The lowest BCUT2D eigenvalue weighted by molar-refractivity contribution is -0.137. The zero-order chi connectivity index (χ0) is 23.1. The van der Waals surface area contributed by atoms with Crippen molar-refractivity contribution in [3.63, 3.8) is 0 Å². The zero-order valence-electron chi connectivity index (χ0n) is 18.3. The van der Waals surface area contributed by atoms with Gasteiger partial charge in [0.15, 0.2) is 0 Å². The van der Waals surface area contributed by atoms with Crippen LogP contribution < -0.4 is 4.74 Å². The van der Waals surface area contributed by atoms with Gasteiger partial charge in [0.2, 0.25) is 0 Å². The molecule has 1 aliphatic rings. The first-order chi connectivity index (χ1) is 15.3. The van der Waals surface area contributed by atoms with Crippen LogP contribution in [0.15, 0.2) is 48.5 Å². The molecule has 1 fully saturated rings. The van der Waals surface area contributed by atoms with E-state index in [0.29, 0.717) is 12.4 Å². The fourth-order valence-electron chi connectivity index (χ4n) is 4.32. The van der Waals surface area contributed by atoms with Gasteiger partial charge >= 0.3 is 12.1 Å². The highest BCUT2D eigenvalue weighted by molar-refractivity contribution is 5.87. The molecule has 2 aromatic rings. The van der Waals surface area contributed by atoms with Gasteiger partial charge in [0.25, 0.3) is 0 Å². The standard InChI is InChI=1S/C25H30F3NO3/c1-2-3-4-14-29-15-13-23(18-5-7-19(8-6-18)24(30)31)20(16-29)17-32-22-11-9-21(10-12-22)25(26,27)28/h5-12,20,23H,2-4,13-17H2,1H3,(H,30,31). The Balaban J connectivity index is 1.70. The highest BCUT2D eigenvalue weighted by Gasteiger charge is 2.32. The number of nitrogens with zero attached hydrogens (tertiary/aromatic N) is 1. The van der Waals surface area contributed by atoms with Gasteiger partial charge in [0.05, 0.1) is 17.7 Å². The molecule has 1 N–H and O–H groups in total. The van der Waals surface area contributed by atoms with Crippen molar-refractivity contribution in [1.82, 2.24) is 4.90 Å². The number of benzene rings is 2. The smallest absolute Gasteiger partial charge is 0.416 e. The third kappa shape index (κ3) is 6.48. The predicted octanol–water partition coefficient (Wildman–Crippen LogP) is 6.08. The molecule has 0 radical (unpaired) electrons. The van der Waals surface area contributed by atoms with Crippen LogP contribution in [0.1, 0.15) is 60.0 Å². The highest BCUT2D eigenvalue weighted by Crippen LogP contribution is 2.35. The number of unbranched alkanes of at least 4 members (excludes halogenated alkanes) is 2. The summed E-state index contributed by atoms with van der Waals surface area (Å²) in [6.07, 6.45) is 0.0464. The molecule has 0 aliphatic carbocycles. The van der Waals surface area contributed by atoms with Crippen LogP contribution in [-0.4, -0.2) is 42.2 Å². The lowest BCUT2D eigenvalue weighted by Gasteiger charge is -2.39. The molecule has 0 bridgehead atoms. The minimum atomic E-state index is -4.37. The van der Waals surface area contributed by atoms with Crippen molar-refractivity contribution in [3.05, 3.63) is 65.2 Å². The van der Waals surface area contributed by atoms with E-state index in [2.05, 4.69) is 11.8 Å². The number of hydrogen-bond donors (Lipinski definition) is 1. The van der Waals surface area contributed by atoms with Gasteiger partial charge in [-0.15, -0.1) is 0 Å². The predicted molar refractivity (Wildman–Crippen MR) is 117 cm³/mol. The Morgan fingerprint density at radius 1 is 1.09 bits per heavy atom. The summed E-state index contributed by atoms with van der Waals surface area (Å²) in [7, 11) is 0. The van der Waals surface area contributed by atoms with E-state index in [9.17, 15) is 18.0 Å². The maximum atomic E-state index is 12.8. The molecule has 0 spiro atoms. The second-order valence-electron chi connectivity index (χ2n) is 8.42. The van der Waals surface area contributed by atoms with Crippen LogP contribution in [0.25, 0.3) is 0 Å². The molecule has 4 nitrogen and oxygen atoms in total. The third-order valence-corrected chi connectivity index (χ3v) is 6.13. The van der Waals surface area contributed by atoms with Gasteiger partial charge in [-0.05, 0) is 73.8 Å². The number of carbonyl (C=O) groups is 1. The van der Waals surface area contributed by atoms with Gasteiger partial charge in [-0.1, -0.05) is 31.9 Å². The molecule has 1 saturated heterocycles. The Bertz CT molecular complexity index is 865. The van der Waals surface area contributed by atoms with Crippen molar-refractivity contribution >= 4 is 5.97 Å². The Hall–Kier alpha value is -2.54. The van der Waals surface area contributed by atoms with E-state index in [1.165, 1.54) is 18.6 Å². The van der Waals surface area contributed by atoms with Gasteiger partial charge in [-0.3, -0.25) is 0 Å². The van der Waals surface area contributed by atoms with E-state index in [0.717, 1.165) is 56.6 Å². The van der Waals surface area contributed by atoms with Crippen LogP contribution in [0.2, 0.25) is 0 Å². The number of aromatic carboxylic acids is 1. The number of alkyl halides is 3. The normalized spacial score (nSPS) is 19.6. The van der Waals surface area contributed by atoms with Crippen LogP contribution in [0, 0.1) is 5.92 Å². The first-order valence-electron chi connectivity index (χ1n) is 11.1. The van der Waals surface area contributed by atoms with Crippen LogP contribution in [0.5, 0.6) is 5.75 Å². The summed E-state index contributed by atoms with van der Waals surface area (Å²) in [5, 5.41) is 9.16. The van der Waals surface area contributed by atoms with Gasteiger partial charge < -0.3 is 14.7 Å². The summed E-state index contributed by atoms with van der Waals surface area (Å²) >= 11 is 0. The molecule has 3 rings (SSSR count). The van der Waals surface area contributed by atoms with Crippen LogP contribution >= 0.6 is 0 Å². The molecule has 2 aromatic carbocycles. The molecular formula is C25H30F3NO3. The molecule has 0 amide bonds. The topological polar surface area (TPSA) is 49.8 Å². The molecule has 0 aromatic heterocycles. The zero-order valence-corrected chi connectivity index (χ0v) is 18.3. The van der Waals surface area contributed by atoms with Crippen molar-refractivity contribution in [1.29, 1.82) is 0 Å². The number of carboxylic acid groups (broad SMARTS) is 1. The molecule has 2 atom stereocenters. The summed E-state index contributed by atoms with van der Waals surface area (Å²) in [4.78, 5) is 13.6. The molecular weight excluding hydrogens is 419 g/mol. The van der Waals surface area contributed by atoms with Gasteiger partial charge in [-0.25, -0.2) is 4.79 Å². The largest absolute Gasteiger partial charge is 0.493 e. The number of ether oxygens (including phenoxy) is 1.